The molecule has 0 atom stereocenters. The first-order valence-electron chi connectivity index (χ1n) is 9.59. The Morgan fingerprint density at radius 3 is 2.15 bits per heavy atom. The predicted octanol–water partition coefficient (Wildman–Crippen LogP) is 2.52. The summed E-state index contributed by atoms with van der Waals surface area (Å²) in [5.41, 5.74) is 1.58. The Bertz CT molecular complexity index is 624. The molecule has 26 heavy (non-hydrogen) atoms. The lowest BCUT2D eigenvalue weighted by atomic mass is 9.77. The van der Waals surface area contributed by atoms with Crippen LogP contribution in [-0.2, 0) is 9.31 Å². The van der Waals surface area contributed by atoms with Crippen LogP contribution in [0.5, 0.6) is 5.75 Å². The molecule has 2 heterocycles. The van der Waals surface area contributed by atoms with Crippen molar-refractivity contribution in [2.75, 3.05) is 39.2 Å². The van der Waals surface area contributed by atoms with E-state index in [0.717, 1.165) is 37.1 Å². The molecule has 1 aromatic rings. The number of hydrogen-bond acceptors (Lipinski definition) is 5. The summed E-state index contributed by atoms with van der Waals surface area (Å²) in [7, 11) is 5.70. The number of piperidine rings is 1. The second-order valence-electron chi connectivity index (χ2n) is 8.69. The number of methoxy groups -OCH3 is 1. The van der Waals surface area contributed by atoms with E-state index in [0.29, 0.717) is 6.04 Å². The Hall–Kier alpha value is -1.24. The van der Waals surface area contributed by atoms with Gasteiger partial charge >= 0.3 is 7.12 Å². The predicted molar refractivity (Wildman–Crippen MR) is 108 cm³/mol. The minimum atomic E-state index is -0.354. The SMILES string of the molecule is COc1ccc(B2OC(C)(C)C(C)(C)O2)c(N2CCC(N(C)C)CC2)c1. The largest absolute Gasteiger partial charge is 0.497 e. The fourth-order valence-corrected chi connectivity index (χ4v) is 3.72. The van der Waals surface area contributed by atoms with Crippen LogP contribution in [0.25, 0.3) is 0 Å². The average molecular weight is 360 g/mol. The summed E-state index contributed by atoms with van der Waals surface area (Å²) in [6, 6.07) is 6.86. The van der Waals surface area contributed by atoms with Gasteiger partial charge in [0.05, 0.1) is 18.3 Å². The Morgan fingerprint density at radius 1 is 1.08 bits per heavy atom. The van der Waals surface area contributed by atoms with Crippen molar-refractivity contribution in [1.82, 2.24) is 4.90 Å². The molecule has 0 N–H and O–H groups in total. The molecular formula is C20H33BN2O3. The molecule has 2 aliphatic heterocycles. The zero-order chi connectivity index (χ0) is 19.1. The van der Waals surface area contributed by atoms with Gasteiger partial charge in [-0.3, -0.25) is 0 Å². The number of rotatable bonds is 4. The summed E-state index contributed by atoms with van der Waals surface area (Å²) in [6.45, 7) is 10.4. The first-order chi connectivity index (χ1) is 12.1. The van der Waals surface area contributed by atoms with Crippen molar-refractivity contribution < 1.29 is 14.0 Å². The minimum absolute atomic E-state index is 0.340. The summed E-state index contributed by atoms with van der Waals surface area (Å²) in [5.74, 6) is 0.870. The summed E-state index contributed by atoms with van der Waals surface area (Å²) in [4.78, 5) is 4.78. The van der Waals surface area contributed by atoms with Gasteiger partial charge in [0, 0.05) is 36.3 Å². The van der Waals surface area contributed by atoms with E-state index in [9.17, 15) is 0 Å². The van der Waals surface area contributed by atoms with E-state index in [4.69, 9.17) is 14.0 Å². The third kappa shape index (κ3) is 3.60. The van der Waals surface area contributed by atoms with Crippen LogP contribution < -0.4 is 15.1 Å². The van der Waals surface area contributed by atoms with E-state index < -0.39 is 0 Å². The van der Waals surface area contributed by atoms with Gasteiger partial charge in [0.1, 0.15) is 5.75 Å². The molecule has 144 valence electrons. The van der Waals surface area contributed by atoms with Crippen molar-refractivity contribution in [2.24, 2.45) is 0 Å². The van der Waals surface area contributed by atoms with Gasteiger partial charge in [-0.05, 0) is 60.7 Å². The Kier molecular flexibility index (Phi) is 5.30. The number of ether oxygens (including phenoxy) is 1. The molecule has 2 aliphatic rings. The maximum absolute atomic E-state index is 6.32. The highest BCUT2D eigenvalue weighted by molar-refractivity contribution is 6.64. The summed E-state index contributed by atoms with van der Waals surface area (Å²) in [6.07, 6.45) is 2.32. The zero-order valence-electron chi connectivity index (χ0n) is 17.3. The van der Waals surface area contributed by atoms with Gasteiger partial charge in [0.15, 0.2) is 0 Å². The number of benzene rings is 1. The Morgan fingerprint density at radius 2 is 1.65 bits per heavy atom. The van der Waals surface area contributed by atoms with Gasteiger partial charge in [0.25, 0.3) is 0 Å². The van der Waals surface area contributed by atoms with Gasteiger partial charge in [-0.15, -0.1) is 0 Å². The van der Waals surface area contributed by atoms with Crippen molar-refractivity contribution in [3.8, 4) is 5.75 Å². The van der Waals surface area contributed by atoms with E-state index in [1.807, 2.05) is 6.07 Å². The Labute approximate surface area is 158 Å². The van der Waals surface area contributed by atoms with E-state index >= 15 is 0 Å². The van der Waals surface area contributed by atoms with Gasteiger partial charge in [-0.1, -0.05) is 6.07 Å². The van der Waals surface area contributed by atoms with Crippen LogP contribution in [0.1, 0.15) is 40.5 Å². The molecule has 0 radical (unpaired) electrons. The molecule has 0 bridgehead atoms. The van der Waals surface area contributed by atoms with Gasteiger partial charge < -0.3 is 23.8 Å². The molecule has 6 heteroatoms. The summed E-state index contributed by atoms with van der Waals surface area (Å²) in [5, 5.41) is 0. The fourth-order valence-electron chi connectivity index (χ4n) is 3.72. The van der Waals surface area contributed by atoms with Crippen LogP contribution >= 0.6 is 0 Å². The fraction of sp³-hybridized carbons (Fsp3) is 0.700. The topological polar surface area (TPSA) is 34.2 Å². The second kappa shape index (κ2) is 7.06. The van der Waals surface area contributed by atoms with Crippen molar-refractivity contribution in [3.63, 3.8) is 0 Å². The van der Waals surface area contributed by atoms with Gasteiger partial charge in [-0.25, -0.2) is 0 Å². The lowest BCUT2D eigenvalue weighted by Crippen LogP contribution is -2.45. The molecule has 0 spiro atoms. The van der Waals surface area contributed by atoms with Crippen LogP contribution in [0.4, 0.5) is 5.69 Å². The van der Waals surface area contributed by atoms with Crippen molar-refractivity contribution in [1.29, 1.82) is 0 Å². The highest BCUT2D eigenvalue weighted by Gasteiger charge is 2.52. The van der Waals surface area contributed by atoms with E-state index in [-0.39, 0.29) is 18.3 Å². The quantitative estimate of drug-likeness (QED) is 0.771. The molecule has 0 aromatic heterocycles. The molecule has 2 fully saturated rings. The smallest absolute Gasteiger partial charge is 0.496 e. The molecular weight excluding hydrogens is 327 g/mol. The Balaban J connectivity index is 1.88. The molecule has 0 saturated carbocycles. The molecule has 0 aliphatic carbocycles. The van der Waals surface area contributed by atoms with E-state index in [1.54, 1.807) is 7.11 Å². The third-order valence-corrected chi connectivity index (χ3v) is 6.28. The van der Waals surface area contributed by atoms with Crippen molar-refractivity contribution >= 4 is 18.3 Å². The highest BCUT2D eigenvalue weighted by Crippen LogP contribution is 2.37. The number of nitrogens with zero attached hydrogens (tertiary/aromatic N) is 2. The molecule has 0 unspecified atom stereocenters. The average Bonchev–Trinajstić information content (AvgIpc) is 2.82. The molecule has 2 saturated heterocycles. The van der Waals surface area contributed by atoms with E-state index in [1.165, 1.54) is 5.69 Å². The third-order valence-electron chi connectivity index (χ3n) is 6.28. The van der Waals surface area contributed by atoms with Crippen LogP contribution in [0.2, 0.25) is 0 Å². The first kappa shape index (κ1) is 19.5. The van der Waals surface area contributed by atoms with Crippen LogP contribution in [0.15, 0.2) is 18.2 Å². The highest BCUT2D eigenvalue weighted by atomic mass is 16.7. The standard InChI is InChI=1S/C20H33BN2O3/c1-19(2)20(3,4)26-21(25-19)17-9-8-16(24-7)14-18(17)23-12-10-15(11-13-23)22(5)6/h8-9,14-15H,10-13H2,1-7H3. The normalized spacial score (nSPS) is 22.9. The molecule has 5 nitrogen and oxygen atoms in total. The van der Waals surface area contributed by atoms with Crippen LogP contribution in [0.3, 0.4) is 0 Å². The molecule has 0 amide bonds. The van der Waals surface area contributed by atoms with Crippen molar-refractivity contribution in [2.45, 2.75) is 57.8 Å². The van der Waals surface area contributed by atoms with Gasteiger partial charge in [-0.2, -0.15) is 0 Å². The molecule has 3 rings (SSSR count). The zero-order valence-corrected chi connectivity index (χ0v) is 17.3. The summed E-state index contributed by atoms with van der Waals surface area (Å²) >= 11 is 0. The number of anilines is 1. The van der Waals surface area contributed by atoms with E-state index in [2.05, 4.69) is 63.7 Å². The lowest BCUT2D eigenvalue weighted by Gasteiger charge is -2.37. The molecule has 1 aromatic carbocycles. The monoisotopic (exact) mass is 360 g/mol. The maximum atomic E-state index is 6.32. The number of hydrogen-bond donors (Lipinski definition) is 0. The van der Waals surface area contributed by atoms with Gasteiger partial charge in [0.2, 0.25) is 0 Å². The van der Waals surface area contributed by atoms with Crippen molar-refractivity contribution in [3.05, 3.63) is 18.2 Å². The van der Waals surface area contributed by atoms with Crippen LogP contribution in [0, 0.1) is 0 Å². The first-order valence-corrected chi connectivity index (χ1v) is 9.59. The van der Waals surface area contributed by atoms with Crippen LogP contribution in [-0.4, -0.2) is 63.6 Å². The maximum Gasteiger partial charge on any atom is 0.496 e. The lowest BCUT2D eigenvalue weighted by molar-refractivity contribution is 0.00578. The minimum Gasteiger partial charge on any atom is -0.497 e. The summed E-state index contributed by atoms with van der Waals surface area (Å²) < 4.78 is 18.1. The second-order valence-corrected chi connectivity index (χ2v) is 8.69.